The van der Waals surface area contributed by atoms with E-state index < -0.39 is 0 Å². The minimum absolute atomic E-state index is 0.219. The highest BCUT2D eigenvalue weighted by Crippen LogP contribution is 2.22. The van der Waals surface area contributed by atoms with Crippen molar-refractivity contribution in [1.29, 1.82) is 0 Å². The highest BCUT2D eigenvalue weighted by atomic mass is 16.5. The molecule has 0 amide bonds. The molecular formula is C14H18N4O3. The molecule has 2 heterocycles. The number of hydrogen-bond donors (Lipinski definition) is 3. The van der Waals surface area contributed by atoms with Crippen molar-refractivity contribution in [3.05, 3.63) is 28.6 Å². The Labute approximate surface area is 121 Å². The second-order valence-corrected chi connectivity index (χ2v) is 5.23. The standard InChI is InChI=1S/C14H18N4O3/c1-20-14(4-5-21-8-14)7-16-13-17-11-3-2-9(15)6-10(11)12(19)18-13/h2-3,6H,4-5,7-8,15H2,1H3,(H2,16,17,18,19). The summed E-state index contributed by atoms with van der Waals surface area (Å²) in [6.45, 7) is 1.73. The van der Waals surface area contributed by atoms with Crippen LogP contribution < -0.4 is 16.6 Å². The zero-order chi connectivity index (χ0) is 14.9. The monoisotopic (exact) mass is 290 g/mol. The molecule has 21 heavy (non-hydrogen) atoms. The number of aromatic nitrogens is 2. The lowest BCUT2D eigenvalue weighted by atomic mass is 10.0. The van der Waals surface area contributed by atoms with Gasteiger partial charge >= 0.3 is 0 Å². The number of fused-ring (bicyclic) bond motifs is 1. The summed E-state index contributed by atoms with van der Waals surface area (Å²) in [5.41, 5.74) is 6.24. The number of H-pyrrole nitrogens is 1. The van der Waals surface area contributed by atoms with Gasteiger partial charge in [-0.3, -0.25) is 9.78 Å². The zero-order valence-corrected chi connectivity index (χ0v) is 11.8. The summed E-state index contributed by atoms with van der Waals surface area (Å²) in [7, 11) is 1.66. The highest BCUT2D eigenvalue weighted by Gasteiger charge is 2.34. The van der Waals surface area contributed by atoms with E-state index in [-0.39, 0.29) is 11.2 Å². The van der Waals surface area contributed by atoms with Crippen molar-refractivity contribution in [2.24, 2.45) is 0 Å². The van der Waals surface area contributed by atoms with Crippen LogP contribution >= 0.6 is 0 Å². The minimum atomic E-state index is -0.366. The van der Waals surface area contributed by atoms with E-state index in [1.807, 2.05) is 0 Å². The summed E-state index contributed by atoms with van der Waals surface area (Å²) >= 11 is 0. The quantitative estimate of drug-likeness (QED) is 0.717. The fourth-order valence-corrected chi connectivity index (χ4v) is 2.45. The number of methoxy groups -OCH3 is 1. The highest BCUT2D eigenvalue weighted by molar-refractivity contribution is 5.81. The number of benzene rings is 1. The largest absolute Gasteiger partial charge is 0.399 e. The summed E-state index contributed by atoms with van der Waals surface area (Å²) in [5.74, 6) is 0.417. The SMILES string of the molecule is COC1(CNc2nc3ccc(N)cc3c(=O)[nH]2)CCOC1. The fourth-order valence-electron chi connectivity index (χ4n) is 2.45. The van der Waals surface area contributed by atoms with E-state index >= 15 is 0 Å². The van der Waals surface area contributed by atoms with Crippen LogP contribution in [0.15, 0.2) is 23.0 Å². The Morgan fingerprint density at radius 1 is 1.57 bits per heavy atom. The molecule has 1 saturated heterocycles. The third-order valence-electron chi connectivity index (χ3n) is 3.81. The van der Waals surface area contributed by atoms with Gasteiger partial charge in [0.2, 0.25) is 5.95 Å². The lowest BCUT2D eigenvalue weighted by molar-refractivity contribution is -0.00630. The molecule has 3 rings (SSSR count). The predicted octanol–water partition coefficient (Wildman–Crippen LogP) is 0.723. The van der Waals surface area contributed by atoms with Gasteiger partial charge in [0.1, 0.15) is 5.60 Å². The number of nitrogen functional groups attached to an aromatic ring is 1. The smallest absolute Gasteiger partial charge is 0.260 e. The van der Waals surface area contributed by atoms with Gasteiger partial charge in [-0.25, -0.2) is 4.98 Å². The van der Waals surface area contributed by atoms with Crippen molar-refractivity contribution in [3.63, 3.8) is 0 Å². The number of hydrogen-bond acceptors (Lipinski definition) is 6. The molecule has 1 aliphatic heterocycles. The van der Waals surface area contributed by atoms with Crippen molar-refractivity contribution in [2.45, 2.75) is 12.0 Å². The Morgan fingerprint density at radius 3 is 3.14 bits per heavy atom. The summed E-state index contributed by atoms with van der Waals surface area (Å²) < 4.78 is 10.9. The van der Waals surface area contributed by atoms with E-state index in [4.69, 9.17) is 15.2 Å². The van der Waals surface area contributed by atoms with Crippen LogP contribution in [0.2, 0.25) is 0 Å². The van der Waals surface area contributed by atoms with E-state index in [2.05, 4.69) is 15.3 Å². The number of anilines is 2. The molecule has 1 aliphatic rings. The topological polar surface area (TPSA) is 102 Å². The van der Waals surface area contributed by atoms with Crippen LogP contribution in [-0.2, 0) is 9.47 Å². The van der Waals surface area contributed by atoms with Crippen molar-refractivity contribution in [2.75, 3.05) is 37.9 Å². The normalized spacial score (nSPS) is 21.8. The van der Waals surface area contributed by atoms with Gasteiger partial charge in [0.25, 0.3) is 5.56 Å². The average molecular weight is 290 g/mol. The number of aromatic amines is 1. The number of ether oxygens (including phenoxy) is 2. The predicted molar refractivity (Wildman–Crippen MR) is 80.4 cm³/mol. The maximum absolute atomic E-state index is 12.1. The Kier molecular flexibility index (Phi) is 3.52. The minimum Gasteiger partial charge on any atom is -0.399 e. The first-order valence-electron chi connectivity index (χ1n) is 6.78. The number of nitrogens with zero attached hydrogens (tertiary/aromatic N) is 1. The van der Waals surface area contributed by atoms with Gasteiger partial charge in [-0.2, -0.15) is 0 Å². The first kappa shape index (κ1) is 13.8. The van der Waals surface area contributed by atoms with Gasteiger partial charge in [-0.05, 0) is 18.2 Å². The molecule has 1 aromatic carbocycles. The molecule has 1 fully saturated rings. The summed E-state index contributed by atoms with van der Waals surface area (Å²) in [5, 5.41) is 3.60. The summed E-state index contributed by atoms with van der Waals surface area (Å²) in [6.07, 6.45) is 0.810. The molecular weight excluding hydrogens is 272 g/mol. The molecule has 0 radical (unpaired) electrons. The van der Waals surface area contributed by atoms with Crippen molar-refractivity contribution in [1.82, 2.24) is 9.97 Å². The molecule has 0 spiro atoms. The summed E-state index contributed by atoms with van der Waals surface area (Å²) in [4.78, 5) is 19.1. The van der Waals surface area contributed by atoms with E-state index in [1.165, 1.54) is 0 Å². The third-order valence-corrected chi connectivity index (χ3v) is 3.81. The maximum atomic E-state index is 12.1. The lowest BCUT2D eigenvalue weighted by Crippen LogP contribution is -2.40. The fraction of sp³-hybridized carbons (Fsp3) is 0.429. The Bertz CT molecular complexity index is 707. The van der Waals surface area contributed by atoms with Crippen LogP contribution in [0.5, 0.6) is 0 Å². The molecule has 7 nitrogen and oxygen atoms in total. The van der Waals surface area contributed by atoms with Crippen LogP contribution in [0.1, 0.15) is 6.42 Å². The maximum Gasteiger partial charge on any atom is 0.260 e. The molecule has 0 aliphatic carbocycles. The first-order valence-corrected chi connectivity index (χ1v) is 6.78. The van der Waals surface area contributed by atoms with Crippen LogP contribution in [0.3, 0.4) is 0 Å². The lowest BCUT2D eigenvalue weighted by Gasteiger charge is -2.25. The van der Waals surface area contributed by atoms with Gasteiger partial charge in [0.05, 0.1) is 17.5 Å². The van der Waals surface area contributed by atoms with Crippen LogP contribution in [-0.4, -0.2) is 42.4 Å². The second kappa shape index (κ2) is 5.34. The molecule has 2 aromatic rings. The number of nitrogens with one attached hydrogen (secondary N) is 2. The molecule has 1 aromatic heterocycles. The average Bonchev–Trinajstić information content (AvgIpc) is 2.95. The van der Waals surface area contributed by atoms with Crippen molar-refractivity contribution < 1.29 is 9.47 Å². The summed E-state index contributed by atoms with van der Waals surface area (Å²) in [6, 6.07) is 5.07. The van der Waals surface area contributed by atoms with Gasteiger partial charge in [-0.15, -0.1) is 0 Å². The van der Waals surface area contributed by atoms with E-state index in [0.717, 1.165) is 6.42 Å². The van der Waals surface area contributed by atoms with Gasteiger partial charge in [0, 0.05) is 32.4 Å². The molecule has 7 heteroatoms. The molecule has 1 unspecified atom stereocenters. The Balaban J connectivity index is 1.84. The van der Waals surface area contributed by atoms with Gasteiger partial charge in [0.15, 0.2) is 0 Å². The van der Waals surface area contributed by atoms with E-state index in [0.29, 0.717) is 42.3 Å². The molecule has 112 valence electrons. The third kappa shape index (κ3) is 2.70. The Hall–Kier alpha value is -2.12. The number of rotatable bonds is 4. The van der Waals surface area contributed by atoms with Crippen LogP contribution in [0.4, 0.5) is 11.6 Å². The van der Waals surface area contributed by atoms with Crippen molar-refractivity contribution >= 4 is 22.5 Å². The number of nitrogens with two attached hydrogens (primary N) is 1. The molecule has 0 bridgehead atoms. The van der Waals surface area contributed by atoms with Gasteiger partial charge in [-0.1, -0.05) is 0 Å². The first-order chi connectivity index (χ1) is 10.1. The molecule has 4 N–H and O–H groups in total. The second-order valence-electron chi connectivity index (χ2n) is 5.23. The Morgan fingerprint density at radius 2 is 2.43 bits per heavy atom. The van der Waals surface area contributed by atoms with Crippen LogP contribution in [0.25, 0.3) is 10.9 Å². The molecule has 1 atom stereocenters. The van der Waals surface area contributed by atoms with E-state index in [1.54, 1.807) is 25.3 Å². The van der Waals surface area contributed by atoms with Gasteiger partial charge < -0.3 is 20.5 Å². The van der Waals surface area contributed by atoms with E-state index in [9.17, 15) is 4.79 Å². The van der Waals surface area contributed by atoms with Crippen LogP contribution in [0, 0.1) is 0 Å². The zero-order valence-electron chi connectivity index (χ0n) is 11.8. The van der Waals surface area contributed by atoms with Crippen molar-refractivity contribution in [3.8, 4) is 0 Å². The molecule has 0 saturated carbocycles.